The number of hydrogen-bond donors (Lipinski definition) is 2. The van der Waals surface area contributed by atoms with Gasteiger partial charge in [0.15, 0.2) is 0 Å². The number of aromatic nitrogens is 3. The summed E-state index contributed by atoms with van der Waals surface area (Å²) in [6.45, 7) is 3.63. The standard InChI is InChI=1S/C21H20Cl2N4O2/c1-12(15-3-5-17(22)18(23)11-15)25-19(28)6-4-16-13(2)26-20(27-21(16)29)14-7-9-24-10-8-14/h3,5,7-12H,4,6H2,1-2H3,(H,25,28)(H,26,27,29). The van der Waals surface area contributed by atoms with Crippen LogP contribution < -0.4 is 10.9 Å². The molecule has 29 heavy (non-hydrogen) atoms. The molecule has 150 valence electrons. The molecule has 0 radical (unpaired) electrons. The number of amides is 1. The number of benzene rings is 1. The van der Waals surface area contributed by atoms with Crippen LogP contribution in [0.25, 0.3) is 11.4 Å². The van der Waals surface area contributed by atoms with Gasteiger partial charge in [-0.25, -0.2) is 4.98 Å². The molecule has 2 aromatic heterocycles. The van der Waals surface area contributed by atoms with Gasteiger partial charge in [0.2, 0.25) is 5.91 Å². The molecule has 0 bridgehead atoms. The van der Waals surface area contributed by atoms with Crippen molar-refractivity contribution in [2.24, 2.45) is 0 Å². The first-order valence-electron chi connectivity index (χ1n) is 9.09. The van der Waals surface area contributed by atoms with Gasteiger partial charge < -0.3 is 10.3 Å². The number of carbonyl (C=O) groups is 1. The summed E-state index contributed by atoms with van der Waals surface area (Å²) >= 11 is 12.0. The van der Waals surface area contributed by atoms with Crippen LogP contribution >= 0.6 is 23.2 Å². The summed E-state index contributed by atoms with van der Waals surface area (Å²) in [6, 6.07) is 8.55. The maximum Gasteiger partial charge on any atom is 0.254 e. The number of pyridine rings is 1. The molecule has 8 heteroatoms. The molecule has 0 aliphatic heterocycles. The Hall–Kier alpha value is -2.70. The second-order valence-corrected chi connectivity index (χ2v) is 7.49. The summed E-state index contributed by atoms with van der Waals surface area (Å²) in [5.41, 5.74) is 2.49. The average molecular weight is 431 g/mol. The van der Waals surface area contributed by atoms with E-state index in [1.165, 1.54) is 0 Å². The lowest BCUT2D eigenvalue weighted by Crippen LogP contribution is -2.28. The van der Waals surface area contributed by atoms with E-state index in [0.29, 0.717) is 33.5 Å². The van der Waals surface area contributed by atoms with Crippen LogP contribution in [0.15, 0.2) is 47.5 Å². The highest BCUT2D eigenvalue weighted by Crippen LogP contribution is 2.25. The molecule has 0 saturated carbocycles. The topological polar surface area (TPSA) is 87.7 Å². The van der Waals surface area contributed by atoms with Crippen LogP contribution in [-0.4, -0.2) is 20.9 Å². The molecule has 0 aliphatic rings. The lowest BCUT2D eigenvalue weighted by atomic mass is 10.1. The first kappa shape index (κ1) is 21.0. The van der Waals surface area contributed by atoms with Crippen molar-refractivity contribution in [3.8, 4) is 11.4 Å². The molecule has 1 atom stereocenters. The van der Waals surface area contributed by atoms with Crippen molar-refractivity contribution in [3.05, 3.63) is 79.9 Å². The predicted molar refractivity (Wildman–Crippen MR) is 114 cm³/mol. The molecular formula is C21H20Cl2N4O2. The number of halogens is 2. The Bertz CT molecular complexity index is 1080. The van der Waals surface area contributed by atoms with Crippen LogP contribution in [0.1, 0.15) is 36.2 Å². The van der Waals surface area contributed by atoms with Crippen LogP contribution in [0.4, 0.5) is 0 Å². The molecule has 0 spiro atoms. The fraction of sp³-hybridized carbons (Fsp3) is 0.238. The zero-order valence-electron chi connectivity index (χ0n) is 16.0. The molecule has 2 N–H and O–H groups in total. The Labute approximate surface area is 178 Å². The fourth-order valence-corrected chi connectivity index (χ4v) is 3.28. The highest BCUT2D eigenvalue weighted by molar-refractivity contribution is 6.42. The fourth-order valence-electron chi connectivity index (χ4n) is 2.97. The van der Waals surface area contributed by atoms with Gasteiger partial charge in [-0.3, -0.25) is 14.6 Å². The van der Waals surface area contributed by atoms with Crippen LogP contribution in [0, 0.1) is 6.92 Å². The van der Waals surface area contributed by atoms with Gasteiger partial charge in [0.05, 0.1) is 16.1 Å². The summed E-state index contributed by atoms with van der Waals surface area (Å²) < 4.78 is 0. The minimum absolute atomic E-state index is 0.166. The van der Waals surface area contributed by atoms with Crippen molar-refractivity contribution in [1.29, 1.82) is 0 Å². The Kier molecular flexibility index (Phi) is 6.67. The van der Waals surface area contributed by atoms with Crippen molar-refractivity contribution in [2.75, 3.05) is 0 Å². The second-order valence-electron chi connectivity index (χ2n) is 6.68. The first-order valence-corrected chi connectivity index (χ1v) is 9.85. The van der Waals surface area contributed by atoms with Gasteiger partial charge in [0.25, 0.3) is 5.56 Å². The second kappa shape index (κ2) is 9.20. The third-order valence-corrected chi connectivity index (χ3v) is 5.34. The van der Waals surface area contributed by atoms with E-state index in [1.54, 1.807) is 43.6 Å². The van der Waals surface area contributed by atoms with E-state index in [0.717, 1.165) is 11.1 Å². The third-order valence-electron chi connectivity index (χ3n) is 4.60. The minimum Gasteiger partial charge on any atom is -0.350 e. The van der Waals surface area contributed by atoms with Crippen LogP contribution in [0.2, 0.25) is 10.0 Å². The highest BCUT2D eigenvalue weighted by atomic mass is 35.5. The lowest BCUT2D eigenvalue weighted by Gasteiger charge is -2.15. The molecule has 6 nitrogen and oxygen atoms in total. The summed E-state index contributed by atoms with van der Waals surface area (Å²) in [6.07, 6.45) is 3.74. The molecular weight excluding hydrogens is 411 g/mol. The number of rotatable bonds is 6. The van der Waals surface area contributed by atoms with E-state index in [9.17, 15) is 9.59 Å². The van der Waals surface area contributed by atoms with Crippen molar-refractivity contribution in [3.63, 3.8) is 0 Å². The number of nitrogens with zero attached hydrogens (tertiary/aromatic N) is 2. The van der Waals surface area contributed by atoms with E-state index in [4.69, 9.17) is 23.2 Å². The molecule has 1 amide bonds. The maximum absolute atomic E-state index is 12.5. The molecule has 0 saturated heterocycles. The summed E-state index contributed by atoms with van der Waals surface area (Å²) in [5.74, 6) is 0.317. The quantitative estimate of drug-likeness (QED) is 0.611. The zero-order chi connectivity index (χ0) is 21.0. The third kappa shape index (κ3) is 5.22. The van der Waals surface area contributed by atoms with Crippen molar-refractivity contribution >= 4 is 29.1 Å². The van der Waals surface area contributed by atoms with E-state index in [2.05, 4.69) is 20.3 Å². The van der Waals surface area contributed by atoms with Gasteiger partial charge >= 0.3 is 0 Å². The number of H-pyrrole nitrogens is 1. The number of carbonyl (C=O) groups excluding carboxylic acids is 1. The first-order chi connectivity index (χ1) is 13.8. The number of aryl methyl sites for hydroxylation is 1. The van der Waals surface area contributed by atoms with Gasteiger partial charge in [-0.05, 0) is 50.1 Å². The monoisotopic (exact) mass is 430 g/mol. The molecule has 0 aliphatic carbocycles. The summed E-state index contributed by atoms with van der Waals surface area (Å²) in [5, 5.41) is 3.81. The molecule has 1 unspecified atom stereocenters. The van der Waals surface area contributed by atoms with Gasteiger partial charge in [-0.2, -0.15) is 0 Å². The largest absolute Gasteiger partial charge is 0.350 e. The number of aromatic amines is 1. The van der Waals surface area contributed by atoms with Gasteiger partial charge in [-0.15, -0.1) is 0 Å². The van der Waals surface area contributed by atoms with Crippen molar-refractivity contribution in [2.45, 2.75) is 32.7 Å². The highest BCUT2D eigenvalue weighted by Gasteiger charge is 2.14. The molecule has 1 aromatic carbocycles. The summed E-state index contributed by atoms with van der Waals surface area (Å²) in [4.78, 5) is 36.0. The van der Waals surface area contributed by atoms with E-state index in [1.807, 2.05) is 13.0 Å². The lowest BCUT2D eigenvalue weighted by molar-refractivity contribution is -0.121. The van der Waals surface area contributed by atoms with Gasteiger partial charge in [-0.1, -0.05) is 29.3 Å². The number of nitrogens with one attached hydrogen (secondary N) is 2. The van der Waals surface area contributed by atoms with Crippen LogP contribution in [-0.2, 0) is 11.2 Å². The minimum atomic E-state index is -0.241. The molecule has 0 fully saturated rings. The van der Waals surface area contributed by atoms with Crippen LogP contribution in [0.3, 0.4) is 0 Å². The average Bonchev–Trinajstić information content (AvgIpc) is 2.70. The van der Waals surface area contributed by atoms with E-state index < -0.39 is 0 Å². The van der Waals surface area contributed by atoms with E-state index in [-0.39, 0.29) is 23.9 Å². The van der Waals surface area contributed by atoms with Gasteiger partial charge in [0, 0.05) is 35.6 Å². The molecule has 3 aromatic rings. The molecule has 2 heterocycles. The van der Waals surface area contributed by atoms with Crippen molar-refractivity contribution in [1.82, 2.24) is 20.3 Å². The Balaban J connectivity index is 1.65. The molecule has 3 rings (SSSR count). The zero-order valence-corrected chi connectivity index (χ0v) is 17.5. The Morgan fingerprint density at radius 3 is 2.55 bits per heavy atom. The Morgan fingerprint density at radius 1 is 1.17 bits per heavy atom. The van der Waals surface area contributed by atoms with Crippen LogP contribution in [0.5, 0.6) is 0 Å². The SMILES string of the molecule is Cc1nc(-c2ccncc2)[nH]c(=O)c1CCC(=O)NC(C)c1ccc(Cl)c(Cl)c1. The predicted octanol–water partition coefficient (Wildman–Crippen LogP) is 4.26. The normalized spacial score (nSPS) is 11.9. The summed E-state index contributed by atoms with van der Waals surface area (Å²) in [7, 11) is 0. The van der Waals surface area contributed by atoms with Crippen molar-refractivity contribution < 1.29 is 4.79 Å². The van der Waals surface area contributed by atoms with Gasteiger partial charge in [0.1, 0.15) is 5.82 Å². The maximum atomic E-state index is 12.5. The smallest absolute Gasteiger partial charge is 0.254 e. The van der Waals surface area contributed by atoms with E-state index >= 15 is 0 Å². The number of hydrogen-bond acceptors (Lipinski definition) is 4. The Morgan fingerprint density at radius 2 is 1.90 bits per heavy atom.